The highest BCUT2D eigenvalue weighted by molar-refractivity contribution is 6.07. The van der Waals surface area contributed by atoms with Crippen LogP contribution in [0.3, 0.4) is 0 Å². The summed E-state index contributed by atoms with van der Waals surface area (Å²) in [6.07, 6.45) is 1.61. The summed E-state index contributed by atoms with van der Waals surface area (Å²) in [4.78, 5) is 16.4. The summed E-state index contributed by atoms with van der Waals surface area (Å²) in [5.74, 6) is 0.138. The van der Waals surface area contributed by atoms with Crippen LogP contribution in [0.5, 0.6) is 5.75 Å². The number of ether oxygens (including phenoxy) is 1. The molecule has 20 heavy (non-hydrogen) atoms. The van der Waals surface area contributed by atoms with E-state index >= 15 is 0 Å². The van der Waals surface area contributed by atoms with E-state index in [2.05, 4.69) is 10.3 Å². The Hall–Kier alpha value is -2.56. The zero-order chi connectivity index (χ0) is 14.5. The van der Waals surface area contributed by atoms with Crippen molar-refractivity contribution in [2.24, 2.45) is 0 Å². The Kier molecular flexibility index (Phi) is 4.20. The molecule has 1 aromatic carbocycles. The third-order valence-corrected chi connectivity index (χ3v) is 2.75. The van der Waals surface area contributed by atoms with Crippen molar-refractivity contribution in [2.45, 2.75) is 13.8 Å². The quantitative estimate of drug-likeness (QED) is 0.838. The molecule has 104 valence electrons. The molecule has 0 unspecified atom stereocenters. The molecule has 3 N–H and O–H groups in total. The number of nitrogen functional groups attached to an aromatic ring is 1. The van der Waals surface area contributed by atoms with Gasteiger partial charge in [-0.2, -0.15) is 0 Å². The Morgan fingerprint density at radius 3 is 2.80 bits per heavy atom. The molecule has 2 aromatic rings. The maximum Gasteiger partial charge on any atom is 0.259 e. The van der Waals surface area contributed by atoms with Crippen LogP contribution in [0.4, 0.5) is 11.4 Å². The summed E-state index contributed by atoms with van der Waals surface area (Å²) < 4.78 is 5.44. The topological polar surface area (TPSA) is 77.2 Å². The number of anilines is 2. The summed E-state index contributed by atoms with van der Waals surface area (Å²) in [5, 5.41) is 2.77. The number of nitrogens with zero attached hydrogens (tertiary/aromatic N) is 1. The Balaban J connectivity index is 2.25. The van der Waals surface area contributed by atoms with Gasteiger partial charge in [0.15, 0.2) is 5.75 Å². The normalized spacial score (nSPS) is 10.1. The van der Waals surface area contributed by atoms with Crippen molar-refractivity contribution >= 4 is 17.3 Å². The van der Waals surface area contributed by atoms with Gasteiger partial charge in [0.05, 0.1) is 29.7 Å². The van der Waals surface area contributed by atoms with E-state index in [1.807, 2.05) is 19.9 Å². The van der Waals surface area contributed by atoms with Crippen LogP contribution in [-0.4, -0.2) is 17.5 Å². The minimum Gasteiger partial charge on any atom is -0.491 e. The van der Waals surface area contributed by atoms with Crippen molar-refractivity contribution in [3.63, 3.8) is 0 Å². The second kappa shape index (κ2) is 6.06. The lowest BCUT2D eigenvalue weighted by Crippen LogP contribution is -2.14. The first kappa shape index (κ1) is 13.9. The number of nitrogens with two attached hydrogens (primary N) is 1. The number of rotatable bonds is 4. The number of aryl methyl sites for hydroxylation is 1. The van der Waals surface area contributed by atoms with Gasteiger partial charge < -0.3 is 15.8 Å². The second-order valence-electron chi connectivity index (χ2n) is 4.30. The molecule has 0 spiro atoms. The minimum absolute atomic E-state index is 0.272. The van der Waals surface area contributed by atoms with Gasteiger partial charge in [-0.3, -0.25) is 9.78 Å². The molecule has 0 aliphatic rings. The molecular weight excluding hydrogens is 254 g/mol. The lowest BCUT2D eigenvalue weighted by molar-refractivity contribution is 0.102. The van der Waals surface area contributed by atoms with Crippen LogP contribution in [0.15, 0.2) is 36.5 Å². The average molecular weight is 271 g/mol. The number of nitrogens with one attached hydrogen (secondary N) is 1. The fourth-order valence-electron chi connectivity index (χ4n) is 1.78. The molecule has 0 saturated carbocycles. The van der Waals surface area contributed by atoms with E-state index in [9.17, 15) is 4.79 Å². The van der Waals surface area contributed by atoms with Gasteiger partial charge in [0, 0.05) is 5.69 Å². The zero-order valence-electron chi connectivity index (χ0n) is 11.5. The zero-order valence-corrected chi connectivity index (χ0v) is 11.5. The van der Waals surface area contributed by atoms with Gasteiger partial charge in [0.2, 0.25) is 0 Å². The highest BCUT2D eigenvalue weighted by atomic mass is 16.5. The number of para-hydroxylation sites is 1. The maximum atomic E-state index is 12.3. The fraction of sp³-hybridized carbons (Fsp3) is 0.200. The SMILES string of the molecule is CCOc1c(N)cccc1C(=O)Nc1ccc(C)nc1. The van der Waals surface area contributed by atoms with Gasteiger partial charge in [-0.05, 0) is 38.1 Å². The molecule has 0 fully saturated rings. The molecular formula is C15H17N3O2. The molecule has 1 aromatic heterocycles. The Morgan fingerprint density at radius 1 is 1.35 bits per heavy atom. The predicted octanol–water partition coefficient (Wildman–Crippen LogP) is 2.62. The molecule has 0 aliphatic heterocycles. The van der Waals surface area contributed by atoms with E-state index in [0.717, 1.165) is 5.69 Å². The van der Waals surface area contributed by atoms with Gasteiger partial charge in [-0.15, -0.1) is 0 Å². The molecule has 1 heterocycles. The number of pyridine rings is 1. The lowest BCUT2D eigenvalue weighted by atomic mass is 10.1. The van der Waals surface area contributed by atoms with E-state index in [1.54, 1.807) is 30.5 Å². The van der Waals surface area contributed by atoms with Gasteiger partial charge in [0.25, 0.3) is 5.91 Å². The number of benzene rings is 1. The third kappa shape index (κ3) is 3.06. The number of carbonyl (C=O) groups excluding carboxylic acids is 1. The monoisotopic (exact) mass is 271 g/mol. The standard InChI is InChI=1S/C15H17N3O2/c1-3-20-14-12(5-4-6-13(14)16)15(19)18-11-8-7-10(2)17-9-11/h4-9H,3,16H2,1-2H3,(H,18,19). The van der Waals surface area contributed by atoms with Crippen LogP contribution in [0, 0.1) is 6.92 Å². The first-order valence-electron chi connectivity index (χ1n) is 6.37. The number of amides is 1. The summed E-state index contributed by atoms with van der Waals surface area (Å²) in [5.41, 5.74) is 8.22. The van der Waals surface area contributed by atoms with Crippen molar-refractivity contribution < 1.29 is 9.53 Å². The van der Waals surface area contributed by atoms with Crippen molar-refractivity contribution in [2.75, 3.05) is 17.7 Å². The lowest BCUT2D eigenvalue weighted by Gasteiger charge is -2.12. The van der Waals surface area contributed by atoms with Gasteiger partial charge in [0.1, 0.15) is 0 Å². The summed E-state index contributed by atoms with van der Waals surface area (Å²) in [7, 11) is 0. The van der Waals surface area contributed by atoms with E-state index < -0.39 is 0 Å². The van der Waals surface area contributed by atoms with Crippen molar-refractivity contribution in [1.82, 2.24) is 4.98 Å². The summed E-state index contributed by atoms with van der Waals surface area (Å²) >= 11 is 0. The first-order valence-corrected chi connectivity index (χ1v) is 6.37. The molecule has 0 atom stereocenters. The maximum absolute atomic E-state index is 12.3. The highest BCUT2D eigenvalue weighted by Crippen LogP contribution is 2.27. The molecule has 5 heteroatoms. The van der Waals surface area contributed by atoms with Crippen LogP contribution in [0.2, 0.25) is 0 Å². The Bertz CT molecular complexity index is 609. The number of aromatic nitrogens is 1. The number of hydrogen-bond donors (Lipinski definition) is 2. The fourth-order valence-corrected chi connectivity index (χ4v) is 1.78. The minimum atomic E-state index is -0.272. The third-order valence-electron chi connectivity index (χ3n) is 2.75. The molecule has 0 aliphatic carbocycles. The second-order valence-corrected chi connectivity index (χ2v) is 4.30. The van der Waals surface area contributed by atoms with Crippen LogP contribution >= 0.6 is 0 Å². The Labute approximate surface area is 117 Å². The van der Waals surface area contributed by atoms with Crippen molar-refractivity contribution in [1.29, 1.82) is 0 Å². The van der Waals surface area contributed by atoms with Gasteiger partial charge >= 0.3 is 0 Å². The van der Waals surface area contributed by atoms with Gasteiger partial charge in [-0.25, -0.2) is 0 Å². The van der Waals surface area contributed by atoms with Crippen molar-refractivity contribution in [3.05, 3.63) is 47.8 Å². The Morgan fingerprint density at radius 2 is 2.15 bits per heavy atom. The number of hydrogen-bond acceptors (Lipinski definition) is 4. The average Bonchev–Trinajstić information content (AvgIpc) is 2.43. The summed E-state index contributed by atoms with van der Waals surface area (Å²) in [6, 6.07) is 8.74. The number of carbonyl (C=O) groups is 1. The molecule has 0 radical (unpaired) electrons. The predicted molar refractivity (Wildman–Crippen MR) is 79.0 cm³/mol. The molecule has 2 rings (SSSR count). The van der Waals surface area contributed by atoms with E-state index in [4.69, 9.17) is 10.5 Å². The van der Waals surface area contributed by atoms with Crippen LogP contribution in [-0.2, 0) is 0 Å². The molecule has 0 saturated heterocycles. The summed E-state index contributed by atoms with van der Waals surface area (Å²) in [6.45, 7) is 4.18. The molecule has 1 amide bonds. The highest BCUT2D eigenvalue weighted by Gasteiger charge is 2.15. The van der Waals surface area contributed by atoms with Crippen LogP contribution in [0.25, 0.3) is 0 Å². The van der Waals surface area contributed by atoms with Crippen LogP contribution in [0.1, 0.15) is 23.0 Å². The van der Waals surface area contributed by atoms with Crippen molar-refractivity contribution in [3.8, 4) is 5.75 Å². The van der Waals surface area contributed by atoms with Gasteiger partial charge in [-0.1, -0.05) is 6.07 Å². The molecule has 5 nitrogen and oxygen atoms in total. The largest absolute Gasteiger partial charge is 0.491 e. The van der Waals surface area contributed by atoms with E-state index in [-0.39, 0.29) is 5.91 Å². The van der Waals surface area contributed by atoms with Crippen LogP contribution < -0.4 is 15.8 Å². The molecule has 0 bridgehead atoms. The first-order chi connectivity index (χ1) is 9.61. The van der Waals surface area contributed by atoms with E-state index in [0.29, 0.717) is 29.3 Å². The van der Waals surface area contributed by atoms with E-state index in [1.165, 1.54) is 0 Å². The smallest absolute Gasteiger partial charge is 0.259 e.